The third kappa shape index (κ3) is 5.20. The smallest absolute Gasteiger partial charge is 0.251 e. The first-order valence-electron chi connectivity index (χ1n) is 11.1. The highest BCUT2D eigenvalue weighted by Crippen LogP contribution is 2.31. The SMILES string of the molecule is CCCNCc1ccc2c(c1)CCCC2NC(=O)c1ccc(-c2ccc(F)cc2)cc1. The molecular weight excluding hydrogens is 387 g/mol. The summed E-state index contributed by atoms with van der Waals surface area (Å²) in [7, 11) is 0. The van der Waals surface area contributed by atoms with E-state index in [0.29, 0.717) is 5.56 Å². The zero-order valence-electron chi connectivity index (χ0n) is 18.0. The summed E-state index contributed by atoms with van der Waals surface area (Å²) in [6, 6.07) is 20.6. The van der Waals surface area contributed by atoms with Gasteiger partial charge in [0.2, 0.25) is 0 Å². The molecule has 4 heteroatoms. The molecule has 1 aliphatic carbocycles. The molecule has 0 saturated heterocycles. The van der Waals surface area contributed by atoms with E-state index in [2.05, 4.69) is 35.8 Å². The number of fused-ring (bicyclic) bond motifs is 1. The first-order valence-corrected chi connectivity index (χ1v) is 11.1. The molecule has 0 radical (unpaired) electrons. The lowest BCUT2D eigenvalue weighted by molar-refractivity contribution is 0.0933. The molecule has 4 rings (SSSR count). The van der Waals surface area contributed by atoms with E-state index in [0.717, 1.165) is 49.9 Å². The van der Waals surface area contributed by atoms with Gasteiger partial charge in [0.15, 0.2) is 0 Å². The number of nitrogens with one attached hydrogen (secondary N) is 2. The van der Waals surface area contributed by atoms with E-state index in [9.17, 15) is 9.18 Å². The highest BCUT2D eigenvalue weighted by Gasteiger charge is 2.22. The van der Waals surface area contributed by atoms with Crippen molar-refractivity contribution in [3.05, 3.63) is 94.8 Å². The molecule has 1 amide bonds. The lowest BCUT2D eigenvalue weighted by Crippen LogP contribution is -2.31. The number of halogens is 1. The Balaban J connectivity index is 1.44. The van der Waals surface area contributed by atoms with Crippen LogP contribution in [0.4, 0.5) is 4.39 Å². The molecule has 2 N–H and O–H groups in total. The quantitative estimate of drug-likeness (QED) is 0.478. The fraction of sp³-hybridized carbons (Fsp3) is 0.296. The van der Waals surface area contributed by atoms with Crippen molar-refractivity contribution in [1.82, 2.24) is 10.6 Å². The lowest BCUT2D eigenvalue weighted by atomic mass is 9.86. The van der Waals surface area contributed by atoms with Crippen molar-refractivity contribution in [3.63, 3.8) is 0 Å². The summed E-state index contributed by atoms with van der Waals surface area (Å²) in [5.41, 5.74) is 6.41. The molecule has 31 heavy (non-hydrogen) atoms. The van der Waals surface area contributed by atoms with Crippen molar-refractivity contribution in [2.45, 2.75) is 45.2 Å². The highest BCUT2D eigenvalue weighted by molar-refractivity contribution is 5.95. The minimum absolute atomic E-state index is 0.0469. The van der Waals surface area contributed by atoms with Crippen molar-refractivity contribution >= 4 is 5.91 Å². The minimum atomic E-state index is -0.253. The van der Waals surface area contributed by atoms with Gasteiger partial charge in [0.1, 0.15) is 5.82 Å². The second-order valence-corrected chi connectivity index (χ2v) is 8.21. The average molecular weight is 417 g/mol. The number of aryl methyl sites for hydroxylation is 1. The third-order valence-electron chi connectivity index (χ3n) is 5.91. The fourth-order valence-corrected chi connectivity index (χ4v) is 4.24. The Kier molecular flexibility index (Phi) is 6.78. The standard InChI is InChI=1S/C27H29FN2O/c1-2-16-29-18-19-6-15-25-23(17-19)4-3-5-26(25)30-27(31)22-9-7-20(8-10-22)21-11-13-24(28)14-12-21/h6-15,17,26,29H,2-5,16,18H2,1H3,(H,30,31). The second-order valence-electron chi connectivity index (χ2n) is 8.21. The summed E-state index contributed by atoms with van der Waals surface area (Å²) in [6.45, 7) is 4.08. The molecule has 0 saturated carbocycles. The van der Waals surface area contributed by atoms with Gasteiger partial charge in [0, 0.05) is 12.1 Å². The Morgan fingerprint density at radius 3 is 2.42 bits per heavy atom. The van der Waals surface area contributed by atoms with E-state index in [-0.39, 0.29) is 17.8 Å². The molecule has 3 aromatic carbocycles. The first kappa shape index (κ1) is 21.3. The van der Waals surface area contributed by atoms with Gasteiger partial charge in [-0.3, -0.25) is 4.79 Å². The molecule has 1 unspecified atom stereocenters. The van der Waals surface area contributed by atoms with E-state index in [1.165, 1.54) is 28.8 Å². The van der Waals surface area contributed by atoms with Gasteiger partial charge < -0.3 is 10.6 Å². The maximum Gasteiger partial charge on any atom is 0.251 e. The summed E-state index contributed by atoms with van der Waals surface area (Å²) in [4.78, 5) is 12.9. The molecule has 0 spiro atoms. The van der Waals surface area contributed by atoms with Crippen LogP contribution in [0.2, 0.25) is 0 Å². The van der Waals surface area contributed by atoms with Crippen molar-refractivity contribution in [3.8, 4) is 11.1 Å². The molecule has 0 aliphatic heterocycles. The Morgan fingerprint density at radius 2 is 1.71 bits per heavy atom. The summed E-state index contributed by atoms with van der Waals surface area (Å²) in [5.74, 6) is -0.311. The minimum Gasteiger partial charge on any atom is -0.345 e. The topological polar surface area (TPSA) is 41.1 Å². The Labute approximate surface area is 183 Å². The molecule has 0 bridgehead atoms. The van der Waals surface area contributed by atoms with Crippen molar-refractivity contribution in [1.29, 1.82) is 0 Å². The van der Waals surface area contributed by atoms with Crippen LogP contribution in [0.15, 0.2) is 66.7 Å². The summed E-state index contributed by atoms with van der Waals surface area (Å²) < 4.78 is 13.1. The van der Waals surface area contributed by atoms with Crippen LogP contribution in [0.3, 0.4) is 0 Å². The van der Waals surface area contributed by atoms with Crippen LogP contribution in [0.5, 0.6) is 0 Å². The number of hydrogen-bond donors (Lipinski definition) is 2. The lowest BCUT2D eigenvalue weighted by Gasteiger charge is -2.27. The molecule has 0 aromatic heterocycles. The van der Waals surface area contributed by atoms with Gasteiger partial charge in [-0.15, -0.1) is 0 Å². The van der Waals surface area contributed by atoms with Crippen molar-refractivity contribution < 1.29 is 9.18 Å². The molecule has 160 valence electrons. The van der Waals surface area contributed by atoms with E-state index in [1.54, 1.807) is 12.1 Å². The van der Waals surface area contributed by atoms with Gasteiger partial charge in [0.05, 0.1) is 6.04 Å². The highest BCUT2D eigenvalue weighted by atomic mass is 19.1. The second kappa shape index (κ2) is 9.88. The predicted octanol–water partition coefficient (Wildman–Crippen LogP) is 5.80. The normalized spacial score (nSPS) is 15.4. The van der Waals surface area contributed by atoms with Crippen LogP contribution in [-0.2, 0) is 13.0 Å². The van der Waals surface area contributed by atoms with Gasteiger partial charge >= 0.3 is 0 Å². The van der Waals surface area contributed by atoms with Gasteiger partial charge in [-0.25, -0.2) is 4.39 Å². The zero-order valence-corrected chi connectivity index (χ0v) is 18.0. The van der Waals surface area contributed by atoms with Crippen LogP contribution in [0, 0.1) is 5.82 Å². The van der Waals surface area contributed by atoms with E-state index in [1.807, 2.05) is 24.3 Å². The summed E-state index contributed by atoms with van der Waals surface area (Å²) >= 11 is 0. The Hall–Kier alpha value is -2.98. The van der Waals surface area contributed by atoms with Crippen LogP contribution in [-0.4, -0.2) is 12.5 Å². The predicted molar refractivity (Wildman–Crippen MR) is 123 cm³/mol. The number of benzene rings is 3. The van der Waals surface area contributed by atoms with Crippen molar-refractivity contribution in [2.24, 2.45) is 0 Å². The first-order chi connectivity index (χ1) is 15.1. The monoisotopic (exact) mass is 416 g/mol. The largest absolute Gasteiger partial charge is 0.345 e. The Bertz CT molecular complexity index is 1030. The molecule has 3 nitrogen and oxygen atoms in total. The van der Waals surface area contributed by atoms with Crippen molar-refractivity contribution in [2.75, 3.05) is 6.54 Å². The zero-order chi connectivity index (χ0) is 21.6. The third-order valence-corrected chi connectivity index (χ3v) is 5.91. The molecule has 0 heterocycles. The molecular formula is C27H29FN2O. The maximum absolute atomic E-state index is 13.1. The van der Waals surface area contributed by atoms with Crippen LogP contribution in [0.25, 0.3) is 11.1 Å². The maximum atomic E-state index is 13.1. The van der Waals surface area contributed by atoms with Crippen LogP contribution >= 0.6 is 0 Å². The van der Waals surface area contributed by atoms with Gasteiger partial charge in [-0.2, -0.15) is 0 Å². The summed E-state index contributed by atoms with van der Waals surface area (Å²) in [5, 5.41) is 6.68. The van der Waals surface area contributed by atoms with E-state index < -0.39 is 0 Å². The van der Waals surface area contributed by atoms with E-state index >= 15 is 0 Å². The number of amides is 1. The van der Waals surface area contributed by atoms with Gasteiger partial charge in [-0.1, -0.05) is 49.4 Å². The molecule has 1 atom stereocenters. The number of rotatable bonds is 7. The molecule has 3 aromatic rings. The average Bonchev–Trinajstić information content (AvgIpc) is 2.80. The van der Waals surface area contributed by atoms with Gasteiger partial charge in [-0.05, 0) is 84.3 Å². The number of hydrogen-bond acceptors (Lipinski definition) is 2. The number of carbonyl (C=O) groups is 1. The van der Waals surface area contributed by atoms with Gasteiger partial charge in [0.25, 0.3) is 5.91 Å². The fourth-order valence-electron chi connectivity index (χ4n) is 4.24. The van der Waals surface area contributed by atoms with Crippen LogP contribution in [0.1, 0.15) is 59.3 Å². The Morgan fingerprint density at radius 1 is 1.00 bits per heavy atom. The molecule has 0 fully saturated rings. The number of carbonyl (C=O) groups excluding carboxylic acids is 1. The molecule has 1 aliphatic rings. The van der Waals surface area contributed by atoms with E-state index in [4.69, 9.17) is 0 Å². The van der Waals surface area contributed by atoms with Crippen LogP contribution < -0.4 is 10.6 Å². The summed E-state index contributed by atoms with van der Waals surface area (Å²) in [6.07, 6.45) is 4.23.